The summed E-state index contributed by atoms with van der Waals surface area (Å²) in [7, 11) is 0. The van der Waals surface area contributed by atoms with Gasteiger partial charge in [-0.1, -0.05) is 68.0 Å². The zero-order valence-corrected chi connectivity index (χ0v) is 29.7. The van der Waals surface area contributed by atoms with E-state index in [1.54, 1.807) is 0 Å². The summed E-state index contributed by atoms with van der Waals surface area (Å²) >= 11 is 2.42. The van der Waals surface area contributed by atoms with Crippen molar-refractivity contribution in [1.82, 2.24) is 0 Å². The Morgan fingerprint density at radius 2 is 0.705 bits per heavy atom. The summed E-state index contributed by atoms with van der Waals surface area (Å²) in [6.45, 7) is 12.1. The number of carbonyl (C=O) groups is 1. The maximum absolute atomic E-state index is 11.6. The quantitative estimate of drug-likeness (QED) is 0.0365. The number of unbranched alkanes of at least 4 members (excludes halogenated alkanes) is 7. The number of esters is 1. The molecule has 0 heterocycles. The number of alkyl halides is 1. The molecule has 0 aromatic heterocycles. The fourth-order valence-corrected chi connectivity index (χ4v) is 4.21. The summed E-state index contributed by atoms with van der Waals surface area (Å²) in [4.78, 5) is 11.6. The zero-order chi connectivity index (χ0) is 31.9. The van der Waals surface area contributed by atoms with Gasteiger partial charge in [-0.3, -0.25) is 4.79 Å². The Labute approximate surface area is 281 Å². The van der Waals surface area contributed by atoms with Gasteiger partial charge in [0.15, 0.2) is 0 Å². The fraction of sp³-hybridized carbons (Fsp3) is 0.969. The lowest BCUT2D eigenvalue weighted by atomic mass is 10.1. The molecule has 12 heteroatoms. The van der Waals surface area contributed by atoms with Crippen molar-refractivity contribution in [2.75, 3.05) is 130 Å². The van der Waals surface area contributed by atoms with Crippen LogP contribution >= 0.6 is 22.6 Å². The largest absolute Gasteiger partial charge is 0.463 e. The summed E-state index contributed by atoms with van der Waals surface area (Å²) in [6.07, 6.45) is 11.1. The second kappa shape index (κ2) is 40.9. The molecule has 0 unspecified atom stereocenters. The van der Waals surface area contributed by atoms with E-state index in [2.05, 4.69) is 29.5 Å². The third-order valence-corrected chi connectivity index (χ3v) is 6.89. The minimum absolute atomic E-state index is 0.143. The molecule has 44 heavy (non-hydrogen) atoms. The SMILES string of the molecule is CCCCCCCC(=O)OCCOCCOCCOCCOCCOCCOCCOCCOCCOCCCCCCI. The molecule has 0 spiro atoms. The maximum Gasteiger partial charge on any atom is 0.305 e. The van der Waals surface area contributed by atoms with Crippen molar-refractivity contribution in [3.05, 3.63) is 0 Å². The molecule has 0 aliphatic heterocycles. The Kier molecular flexibility index (Phi) is 40.7. The molecule has 0 amide bonds. The van der Waals surface area contributed by atoms with E-state index in [0.717, 1.165) is 25.9 Å². The van der Waals surface area contributed by atoms with Crippen LogP contribution < -0.4 is 0 Å². The maximum atomic E-state index is 11.6. The number of rotatable bonds is 39. The molecular weight excluding hydrogens is 687 g/mol. The lowest BCUT2D eigenvalue weighted by Crippen LogP contribution is -2.15. The number of ether oxygens (including phenoxy) is 10. The smallest absolute Gasteiger partial charge is 0.305 e. The van der Waals surface area contributed by atoms with E-state index in [4.69, 9.17) is 47.4 Å². The Morgan fingerprint density at radius 3 is 1.09 bits per heavy atom. The van der Waals surface area contributed by atoms with Gasteiger partial charge in [0.25, 0.3) is 0 Å². The molecule has 0 bridgehead atoms. The summed E-state index contributed by atoms with van der Waals surface area (Å²) in [5.41, 5.74) is 0. The first-order chi connectivity index (χ1) is 21.8. The van der Waals surface area contributed by atoms with E-state index < -0.39 is 0 Å². The minimum atomic E-state index is -0.143. The molecule has 0 saturated carbocycles. The van der Waals surface area contributed by atoms with Crippen molar-refractivity contribution in [3.8, 4) is 0 Å². The molecule has 0 fully saturated rings. The van der Waals surface area contributed by atoms with Crippen molar-refractivity contribution in [2.24, 2.45) is 0 Å². The van der Waals surface area contributed by atoms with Crippen molar-refractivity contribution in [3.63, 3.8) is 0 Å². The molecule has 0 aromatic rings. The molecule has 264 valence electrons. The Balaban J connectivity index is 3.08. The van der Waals surface area contributed by atoms with Crippen molar-refractivity contribution in [2.45, 2.75) is 71.1 Å². The fourth-order valence-electron chi connectivity index (χ4n) is 3.67. The molecule has 0 aromatic carbocycles. The molecule has 11 nitrogen and oxygen atoms in total. The number of hydrogen-bond donors (Lipinski definition) is 0. The Bertz CT molecular complexity index is 546. The molecule has 0 aliphatic rings. The average Bonchev–Trinajstić information content (AvgIpc) is 3.03. The van der Waals surface area contributed by atoms with Gasteiger partial charge in [0.2, 0.25) is 0 Å². The average molecular weight is 751 g/mol. The number of hydrogen-bond acceptors (Lipinski definition) is 11. The van der Waals surface area contributed by atoms with Gasteiger partial charge in [-0.15, -0.1) is 0 Å². The van der Waals surface area contributed by atoms with Crippen LogP contribution in [0.2, 0.25) is 0 Å². The van der Waals surface area contributed by atoms with E-state index in [1.807, 2.05) is 0 Å². The third kappa shape index (κ3) is 39.9. The van der Waals surface area contributed by atoms with Gasteiger partial charge >= 0.3 is 5.97 Å². The number of halogens is 1. The van der Waals surface area contributed by atoms with Crippen LogP contribution in [0, 0.1) is 0 Å². The molecule has 0 saturated heterocycles. The first-order valence-electron chi connectivity index (χ1n) is 16.7. The van der Waals surface area contributed by atoms with Crippen molar-refractivity contribution >= 4 is 28.6 Å². The van der Waals surface area contributed by atoms with Crippen LogP contribution in [0.3, 0.4) is 0 Å². The topological polar surface area (TPSA) is 109 Å². The first-order valence-corrected chi connectivity index (χ1v) is 18.2. The monoisotopic (exact) mass is 750 g/mol. The zero-order valence-electron chi connectivity index (χ0n) is 27.6. The molecule has 0 rings (SSSR count). The highest BCUT2D eigenvalue weighted by molar-refractivity contribution is 14.1. The van der Waals surface area contributed by atoms with E-state index >= 15 is 0 Å². The van der Waals surface area contributed by atoms with Crippen LogP contribution in [-0.4, -0.2) is 136 Å². The lowest BCUT2D eigenvalue weighted by Gasteiger charge is -2.09. The van der Waals surface area contributed by atoms with Crippen LogP contribution in [0.25, 0.3) is 0 Å². The van der Waals surface area contributed by atoms with Gasteiger partial charge < -0.3 is 47.4 Å². The van der Waals surface area contributed by atoms with Crippen LogP contribution in [-0.2, 0) is 52.2 Å². The van der Waals surface area contributed by atoms with Gasteiger partial charge in [-0.25, -0.2) is 0 Å². The summed E-state index contributed by atoms with van der Waals surface area (Å²) < 4.78 is 55.7. The summed E-state index contributed by atoms with van der Waals surface area (Å²) in [6, 6.07) is 0. The molecule has 0 N–H and O–H groups in total. The second-order valence-electron chi connectivity index (χ2n) is 10.00. The molecular formula is C32H63IO11. The van der Waals surface area contributed by atoms with E-state index in [9.17, 15) is 4.79 Å². The van der Waals surface area contributed by atoms with Crippen LogP contribution in [0.15, 0.2) is 0 Å². The highest BCUT2D eigenvalue weighted by atomic mass is 127. The molecule has 0 aliphatic carbocycles. The van der Waals surface area contributed by atoms with Gasteiger partial charge in [0.1, 0.15) is 6.61 Å². The van der Waals surface area contributed by atoms with Gasteiger partial charge in [-0.05, 0) is 23.7 Å². The standard InChI is InChI=1S/C32H63IO11/c1-2-3-4-5-8-11-32(34)44-31-30-43-29-28-42-27-26-41-25-24-40-23-22-39-21-20-38-19-18-37-17-16-36-15-14-35-13-10-7-6-9-12-33/h2-31H2,1H3. The Hall–Kier alpha value is -0.160. The highest BCUT2D eigenvalue weighted by Gasteiger charge is 2.02. The van der Waals surface area contributed by atoms with Crippen molar-refractivity contribution in [1.29, 1.82) is 0 Å². The van der Waals surface area contributed by atoms with Crippen molar-refractivity contribution < 1.29 is 52.2 Å². The minimum Gasteiger partial charge on any atom is -0.463 e. The third-order valence-electron chi connectivity index (χ3n) is 6.12. The van der Waals surface area contributed by atoms with E-state index in [0.29, 0.717) is 125 Å². The summed E-state index contributed by atoms with van der Waals surface area (Å²) in [5.74, 6) is -0.143. The van der Waals surface area contributed by atoms with E-state index in [1.165, 1.54) is 43.0 Å². The Morgan fingerprint density at radius 1 is 0.386 bits per heavy atom. The van der Waals surface area contributed by atoms with Gasteiger partial charge in [-0.2, -0.15) is 0 Å². The van der Waals surface area contributed by atoms with Crippen LogP contribution in [0.4, 0.5) is 0 Å². The predicted octanol–water partition coefficient (Wildman–Crippen LogP) is 5.03. The van der Waals surface area contributed by atoms with Crippen LogP contribution in [0.5, 0.6) is 0 Å². The number of carbonyl (C=O) groups excluding carboxylic acids is 1. The van der Waals surface area contributed by atoms with Gasteiger partial charge in [0.05, 0.1) is 112 Å². The first kappa shape index (κ1) is 43.8. The predicted molar refractivity (Wildman–Crippen MR) is 179 cm³/mol. The van der Waals surface area contributed by atoms with Gasteiger partial charge in [0, 0.05) is 13.0 Å². The van der Waals surface area contributed by atoms with E-state index in [-0.39, 0.29) is 5.97 Å². The van der Waals surface area contributed by atoms with Crippen LogP contribution in [0.1, 0.15) is 71.1 Å². The highest BCUT2D eigenvalue weighted by Crippen LogP contribution is 2.05. The lowest BCUT2D eigenvalue weighted by molar-refractivity contribution is -0.145. The molecule has 0 radical (unpaired) electrons. The normalized spacial score (nSPS) is 11.4. The summed E-state index contributed by atoms with van der Waals surface area (Å²) in [5, 5.41) is 0. The molecule has 0 atom stereocenters. The second-order valence-corrected chi connectivity index (χ2v) is 11.1.